The van der Waals surface area contributed by atoms with E-state index in [4.69, 9.17) is 11.5 Å². The molecule has 0 aromatic rings. The number of rotatable bonds is 1. The van der Waals surface area contributed by atoms with Crippen molar-refractivity contribution in [3.63, 3.8) is 0 Å². The fourth-order valence-corrected chi connectivity index (χ4v) is 0.997. The Labute approximate surface area is 65.8 Å². The summed E-state index contributed by atoms with van der Waals surface area (Å²) in [5, 5.41) is 0. The molecule has 11 heavy (non-hydrogen) atoms. The lowest BCUT2D eigenvalue weighted by Crippen LogP contribution is -2.47. The zero-order chi connectivity index (χ0) is 8.48. The van der Waals surface area contributed by atoms with Gasteiger partial charge >= 0.3 is 0 Å². The Kier molecular flexibility index (Phi) is 1.83. The summed E-state index contributed by atoms with van der Waals surface area (Å²) in [6.45, 7) is 1.74. The molecule has 0 saturated carbocycles. The second kappa shape index (κ2) is 2.51. The molecule has 2 unspecified atom stereocenters. The van der Waals surface area contributed by atoms with Crippen LogP contribution in [0, 0.1) is 5.41 Å². The molecule has 1 aliphatic carbocycles. The van der Waals surface area contributed by atoms with E-state index in [0.29, 0.717) is 0 Å². The molecular formula is C8H12N2O. The van der Waals surface area contributed by atoms with Crippen molar-refractivity contribution < 1.29 is 4.79 Å². The highest BCUT2D eigenvalue weighted by Crippen LogP contribution is 2.25. The van der Waals surface area contributed by atoms with Crippen LogP contribution in [-0.2, 0) is 4.79 Å². The van der Waals surface area contributed by atoms with Crippen molar-refractivity contribution >= 4 is 5.91 Å². The first kappa shape index (κ1) is 8.01. The van der Waals surface area contributed by atoms with Crippen molar-refractivity contribution in [2.24, 2.45) is 16.9 Å². The largest absolute Gasteiger partial charge is 0.369 e. The molecule has 0 aromatic heterocycles. The predicted molar refractivity (Wildman–Crippen MR) is 43.6 cm³/mol. The van der Waals surface area contributed by atoms with E-state index < -0.39 is 5.41 Å². The lowest BCUT2D eigenvalue weighted by atomic mass is 9.79. The Balaban J connectivity index is 2.94. The normalized spacial score (nSPS) is 35.6. The maximum absolute atomic E-state index is 10.9. The molecule has 3 nitrogen and oxygen atoms in total. The van der Waals surface area contributed by atoms with Crippen molar-refractivity contribution in [1.82, 2.24) is 0 Å². The van der Waals surface area contributed by atoms with E-state index in [2.05, 4.69) is 0 Å². The third-order valence-corrected chi connectivity index (χ3v) is 2.10. The fraction of sp³-hybridized carbons (Fsp3) is 0.375. The van der Waals surface area contributed by atoms with Crippen LogP contribution in [0.15, 0.2) is 24.3 Å². The molecule has 0 fully saturated rings. The zero-order valence-corrected chi connectivity index (χ0v) is 6.45. The molecule has 1 rings (SSSR count). The molecule has 0 heterocycles. The van der Waals surface area contributed by atoms with E-state index in [-0.39, 0.29) is 11.9 Å². The number of hydrogen-bond acceptors (Lipinski definition) is 2. The minimum absolute atomic E-state index is 0.301. The van der Waals surface area contributed by atoms with Crippen LogP contribution in [0.3, 0.4) is 0 Å². The van der Waals surface area contributed by atoms with E-state index in [0.717, 1.165) is 0 Å². The number of allylic oxidation sites excluding steroid dienone is 2. The maximum atomic E-state index is 10.9. The van der Waals surface area contributed by atoms with Gasteiger partial charge in [0.15, 0.2) is 0 Å². The van der Waals surface area contributed by atoms with Crippen molar-refractivity contribution in [1.29, 1.82) is 0 Å². The predicted octanol–water partition coefficient (Wildman–Crippen LogP) is -0.0687. The van der Waals surface area contributed by atoms with Crippen LogP contribution in [0.4, 0.5) is 0 Å². The Hall–Kier alpha value is -1.09. The van der Waals surface area contributed by atoms with Crippen LogP contribution in [0.2, 0.25) is 0 Å². The van der Waals surface area contributed by atoms with Gasteiger partial charge in [0.25, 0.3) is 0 Å². The van der Waals surface area contributed by atoms with Crippen LogP contribution in [0.1, 0.15) is 6.92 Å². The number of carbonyl (C=O) groups excluding carboxylic acids is 1. The maximum Gasteiger partial charge on any atom is 0.229 e. The number of nitrogens with two attached hydrogens (primary N) is 2. The molecule has 60 valence electrons. The topological polar surface area (TPSA) is 69.1 Å². The van der Waals surface area contributed by atoms with Gasteiger partial charge < -0.3 is 11.5 Å². The van der Waals surface area contributed by atoms with Gasteiger partial charge in [-0.3, -0.25) is 4.79 Å². The van der Waals surface area contributed by atoms with Crippen LogP contribution >= 0.6 is 0 Å². The van der Waals surface area contributed by atoms with E-state index in [9.17, 15) is 4.79 Å². The summed E-state index contributed by atoms with van der Waals surface area (Å²) in [6.07, 6.45) is 7.11. The van der Waals surface area contributed by atoms with Gasteiger partial charge in [0.1, 0.15) is 0 Å². The minimum Gasteiger partial charge on any atom is -0.369 e. The van der Waals surface area contributed by atoms with Crippen molar-refractivity contribution in [2.75, 3.05) is 0 Å². The smallest absolute Gasteiger partial charge is 0.229 e. The van der Waals surface area contributed by atoms with E-state index in [1.54, 1.807) is 25.2 Å². The van der Waals surface area contributed by atoms with E-state index >= 15 is 0 Å². The van der Waals surface area contributed by atoms with Gasteiger partial charge in [-0.05, 0) is 6.92 Å². The third kappa shape index (κ3) is 1.19. The van der Waals surface area contributed by atoms with Gasteiger partial charge in [-0.1, -0.05) is 24.3 Å². The first-order valence-electron chi connectivity index (χ1n) is 3.49. The Morgan fingerprint density at radius 3 is 2.55 bits per heavy atom. The van der Waals surface area contributed by atoms with Crippen molar-refractivity contribution in [2.45, 2.75) is 13.0 Å². The summed E-state index contributed by atoms with van der Waals surface area (Å²) in [5.74, 6) is -0.384. The summed E-state index contributed by atoms with van der Waals surface area (Å²) in [4.78, 5) is 10.9. The number of primary amides is 1. The molecule has 1 aliphatic rings. The molecule has 0 aliphatic heterocycles. The van der Waals surface area contributed by atoms with Crippen LogP contribution < -0.4 is 11.5 Å². The summed E-state index contributed by atoms with van der Waals surface area (Å²) in [7, 11) is 0. The zero-order valence-electron chi connectivity index (χ0n) is 6.45. The Bertz CT molecular complexity index is 232. The van der Waals surface area contributed by atoms with Gasteiger partial charge in [-0.25, -0.2) is 0 Å². The molecular weight excluding hydrogens is 140 g/mol. The van der Waals surface area contributed by atoms with Crippen LogP contribution in [0.25, 0.3) is 0 Å². The molecule has 0 radical (unpaired) electrons. The summed E-state index contributed by atoms with van der Waals surface area (Å²) in [5.41, 5.74) is 10.1. The first-order valence-corrected chi connectivity index (χ1v) is 3.49. The Morgan fingerprint density at radius 1 is 1.55 bits per heavy atom. The van der Waals surface area contributed by atoms with Crippen molar-refractivity contribution in [3.05, 3.63) is 24.3 Å². The van der Waals surface area contributed by atoms with E-state index in [1.165, 1.54) is 0 Å². The second-order valence-corrected chi connectivity index (χ2v) is 2.92. The number of hydrogen-bond donors (Lipinski definition) is 2. The van der Waals surface area contributed by atoms with E-state index in [1.807, 2.05) is 6.08 Å². The van der Waals surface area contributed by atoms with Gasteiger partial charge in [0.05, 0.1) is 5.41 Å². The highest BCUT2D eigenvalue weighted by atomic mass is 16.1. The average Bonchev–Trinajstić information content (AvgIpc) is 1.95. The molecule has 0 aromatic carbocycles. The van der Waals surface area contributed by atoms with Gasteiger partial charge in [-0.2, -0.15) is 0 Å². The third-order valence-electron chi connectivity index (χ3n) is 2.10. The van der Waals surface area contributed by atoms with Gasteiger partial charge in [-0.15, -0.1) is 0 Å². The molecule has 0 spiro atoms. The molecule has 2 atom stereocenters. The van der Waals surface area contributed by atoms with Crippen LogP contribution in [0.5, 0.6) is 0 Å². The molecule has 0 saturated heterocycles. The fourth-order valence-electron chi connectivity index (χ4n) is 0.997. The van der Waals surface area contributed by atoms with Gasteiger partial charge in [0.2, 0.25) is 5.91 Å². The van der Waals surface area contributed by atoms with Crippen LogP contribution in [-0.4, -0.2) is 11.9 Å². The minimum atomic E-state index is -0.714. The average molecular weight is 152 g/mol. The standard InChI is InChI=1S/C8H12N2O/c1-8(7(10)11)5-3-2-4-6(8)9/h2-6H,9H2,1H3,(H2,10,11). The lowest BCUT2D eigenvalue weighted by molar-refractivity contribution is -0.124. The first-order chi connectivity index (χ1) is 5.07. The Morgan fingerprint density at radius 2 is 2.18 bits per heavy atom. The SMILES string of the molecule is CC1(C(N)=O)C=CC=CC1N. The lowest BCUT2D eigenvalue weighted by Gasteiger charge is -2.28. The summed E-state index contributed by atoms with van der Waals surface area (Å²) in [6, 6.07) is -0.301. The highest BCUT2D eigenvalue weighted by Gasteiger charge is 2.34. The number of carbonyl (C=O) groups is 1. The quantitative estimate of drug-likeness (QED) is 0.552. The van der Waals surface area contributed by atoms with Gasteiger partial charge in [0, 0.05) is 6.04 Å². The summed E-state index contributed by atoms with van der Waals surface area (Å²) < 4.78 is 0. The van der Waals surface area contributed by atoms with Crippen molar-refractivity contribution in [3.8, 4) is 0 Å². The molecule has 4 N–H and O–H groups in total. The molecule has 3 heteroatoms. The summed E-state index contributed by atoms with van der Waals surface area (Å²) >= 11 is 0. The molecule has 1 amide bonds. The molecule has 0 bridgehead atoms. The monoisotopic (exact) mass is 152 g/mol. The highest BCUT2D eigenvalue weighted by molar-refractivity contribution is 5.84. The number of amides is 1. The second-order valence-electron chi connectivity index (χ2n) is 2.92.